The van der Waals surface area contributed by atoms with Crippen molar-refractivity contribution in [2.75, 3.05) is 6.54 Å². The summed E-state index contributed by atoms with van der Waals surface area (Å²) < 4.78 is 1.89. The van der Waals surface area contributed by atoms with Crippen molar-refractivity contribution in [1.29, 1.82) is 0 Å². The number of pyridine rings is 1. The van der Waals surface area contributed by atoms with E-state index >= 15 is 0 Å². The van der Waals surface area contributed by atoms with Crippen molar-refractivity contribution in [1.82, 2.24) is 25.2 Å². The number of nitrogens with one attached hydrogen (secondary N) is 2. The molecule has 0 saturated carbocycles. The van der Waals surface area contributed by atoms with Crippen molar-refractivity contribution in [3.8, 4) is 0 Å². The topological polar surface area (TPSA) is 71.3 Å². The van der Waals surface area contributed by atoms with Gasteiger partial charge in [0.25, 0.3) is 0 Å². The third-order valence-electron chi connectivity index (χ3n) is 3.79. The molecule has 2 aromatic rings. The average molecular weight is 310 g/mol. The summed E-state index contributed by atoms with van der Waals surface area (Å²) in [6, 6.07) is 5.65. The lowest BCUT2D eigenvalue weighted by atomic mass is 9.94. The van der Waals surface area contributed by atoms with Crippen LogP contribution in [0.3, 0.4) is 0 Å². The fourth-order valence-corrected chi connectivity index (χ4v) is 2.61. The molecular weight excluding hydrogens is 290 g/mol. The number of piperidine rings is 1. The van der Waals surface area contributed by atoms with Gasteiger partial charge in [-0.05, 0) is 37.4 Å². The minimum Gasteiger partial charge on any atom is -0.347 e. The quantitative estimate of drug-likeness (QED) is 0.892. The van der Waals surface area contributed by atoms with Crippen LogP contribution in [0.5, 0.6) is 0 Å². The number of hydrogen-bond acceptors (Lipinski definition) is 4. The third kappa shape index (κ3) is 3.51. The van der Waals surface area contributed by atoms with Gasteiger partial charge in [0.1, 0.15) is 0 Å². The predicted molar refractivity (Wildman–Crippen MR) is 82.3 cm³/mol. The molecule has 0 radical (unpaired) electrons. The minimum atomic E-state index is -0.0852. The highest BCUT2D eigenvalue weighted by Gasteiger charge is 2.24. The molecule has 3 heterocycles. The van der Waals surface area contributed by atoms with E-state index in [2.05, 4.69) is 27.8 Å². The van der Waals surface area contributed by atoms with Crippen molar-refractivity contribution in [2.24, 2.45) is 5.92 Å². The molecule has 0 aromatic carbocycles. The molecule has 0 bridgehead atoms. The monoisotopic (exact) mass is 309 g/mol. The Bertz CT molecular complexity index is 614. The first-order chi connectivity index (χ1) is 9.74. The number of carbonyl (C=O) groups is 1. The van der Waals surface area contributed by atoms with Gasteiger partial charge in [0, 0.05) is 6.20 Å². The van der Waals surface area contributed by atoms with E-state index < -0.39 is 0 Å². The Morgan fingerprint density at radius 3 is 3.14 bits per heavy atom. The lowest BCUT2D eigenvalue weighted by molar-refractivity contribution is -0.124. The predicted octanol–water partition coefficient (Wildman–Crippen LogP) is 1.16. The van der Waals surface area contributed by atoms with E-state index in [9.17, 15) is 4.79 Å². The van der Waals surface area contributed by atoms with Gasteiger partial charge in [0.2, 0.25) is 5.91 Å². The molecule has 2 aromatic heterocycles. The van der Waals surface area contributed by atoms with E-state index in [1.807, 2.05) is 28.8 Å². The maximum absolute atomic E-state index is 12.1. The van der Waals surface area contributed by atoms with Gasteiger partial charge < -0.3 is 10.6 Å². The third-order valence-corrected chi connectivity index (χ3v) is 3.79. The minimum absolute atomic E-state index is 0. The highest BCUT2D eigenvalue weighted by molar-refractivity contribution is 5.85. The molecule has 1 amide bonds. The number of halogens is 1. The second-order valence-electron chi connectivity index (χ2n) is 5.40. The Kier molecular flexibility index (Phi) is 5.14. The Balaban J connectivity index is 0.00000161. The molecule has 1 aliphatic heterocycles. The fourth-order valence-electron chi connectivity index (χ4n) is 2.61. The molecule has 3 rings (SSSR count). The Hall–Kier alpha value is -1.66. The van der Waals surface area contributed by atoms with Crippen LogP contribution in [0.25, 0.3) is 5.65 Å². The van der Waals surface area contributed by atoms with E-state index in [-0.39, 0.29) is 24.4 Å². The van der Waals surface area contributed by atoms with Crippen molar-refractivity contribution >= 4 is 24.0 Å². The average Bonchev–Trinajstić information content (AvgIpc) is 2.88. The molecule has 114 valence electrons. The standard InChI is InChI=1S/C14H19N5O.ClH/c1-10-5-6-15-11(8-10)14(20)16-9-13-18-17-12-4-2-3-7-19(12)13;/h2-4,7,10-11,15H,5-6,8-9H2,1H3,(H,16,20);1H. The van der Waals surface area contributed by atoms with Crippen molar-refractivity contribution < 1.29 is 4.79 Å². The molecule has 2 atom stereocenters. The Morgan fingerprint density at radius 1 is 1.48 bits per heavy atom. The summed E-state index contributed by atoms with van der Waals surface area (Å²) in [5.74, 6) is 1.39. The SMILES string of the molecule is CC1CCNC(C(=O)NCc2nnc3ccccn23)C1.Cl. The van der Waals surface area contributed by atoms with Crippen LogP contribution >= 0.6 is 12.4 Å². The molecule has 21 heavy (non-hydrogen) atoms. The maximum Gasteiger partial charge on any atom is 0.237 e. The van der Waals surface area contributed by atoms with Gasteiger partial charge in [-0.3, -0.25) is 9.20 Å². The molecular formula is C14H20ClN5O. The number of carbonyl (C=O) groups excluding carboxylic acids is 1. The molecule has 2 N–H and O–H groups in total. The largest absolute Gasteiger partial charge is 0.347 e. The van der Waals surface area contributed by atoms with Crippen LogP contribution in [0.4, 0.5) is 0 Å². The number of rotatable bonds is 3. The van der Waals surface area contributed by atoms with Crippen molar-refractivity contribution in [3.63, 3.8) is 0 Å². The molecule has 7 heteroatoms. The summed E-state index contributed by atoms with van der Waals surface area (Å²) in [7, 11) is 0. The molecule has 2 unspecified atom stereocenters. The van der Waals surface area contributed by atoms with E-state index in [4.69, 9.17) is 0 Å². The molecule has 6 nitrogen and oxygen atoms in total. The van der Waals surface area contributed by atoms with Gasteiger partial charge in [-0.25, -0.2) is 0 Å². The summed E-state index contributed by atoms with van der Waals surface area (Å²) in [6.45, 7) is 3.50. The molecule has 1 saturated heterocycles. The van der Waals surface area contributed by atoms with Crippen LogP contribution in [0, 0.1) is 5.92 Å². The van der Waals surface area contributed by atoms with Crippen LogP contribution in [0.15, 0.2) is 24.4 Å². The van der Waals surface area contributed by atoms with E-state index in [1.54, 1.807) is 0 Å². The Morgan fingerprint density at radius 2 is 2.33 bits per heavy atom. The zero-order chi connectivity index (χ0) is 13.9. The highest BCUT2D eigenvalue weighted by atomic mass is 35.5. The molecule has 1 aliphatic rings. The second-order valence-corrected chi connectivity index (χ2v) is 5.40. The summed E-state index contributed by atoms with van der Waals surface area (Å²) in [5, 5.41) is 14.4. The lowest BCUT2D eigenvalue weighted by Crippen LogP contribution is -2.48. The number of hydrogen-bond donors (Lipinski definition) is 2. The number of amides is 1. The zero-order valence-electron chi connectivity index (χ0n) is 12.0. The first kappa shape index (κ1) is 15.7. The van der Waals surface area contributed by atoms with Crippen LogP contribution < -0.4 is 10.6 Å². The van der Waals surface area contributed by atoms with Crippen LogP contribution in [-0.4, -0.2) is 33.1 Å². The Labute approximate surface area is 129 Å². The number of aromatic nitrogens is 3. The van der Waals surface area contributed by atoms with Gasteiger partial charge in [-0.2, -0.15) is 0 Å². The lowest BCUT2D eigenvalue weighted by Gasteiger charge is -2.27. The highest BCUT2D eigenvalue weighted by Crippen LogP contribution is 2.15. The van der Waals surface area contributed by atoms with Crippen LogP contribution in [0.2, 0.25) is 0 Å². The van der Waals surface area contributed by atoms with Gasteiger partial charge in [0.15, 0.2) is 11.5 Å². The van der Waals surface area contributed by atoms with Crippen molar-refractivity contribution in [3.05, 3.63) is 30.2 Å². The van der Waals surface area contributed by atoms with Crippen LogP contribution in [-0.2, 0) is 11.3 Å². The summed E-state index contributed by atoms with van der Waals surface area (Å²) in [4.78, 5) is 12.1. The van der Waals surface area contributed by atoms with E-state index in [0.29, 0.717) is 12.5 Å². The fraction of sp³-hybridized carbons (Fsp3) is 0.500. The first-order valence-electron chi connectivity index (χ1n) is 7.04. The zero-order valence-corrected chi connectivity index (χ0v) is 12.8. The normalized spacial score (nSPS) is 21.8. The van der Waals surface area contributed by atoms with Gasteiger partial charge in [-0.15, -0.1) is 22.6 Å². The van der Waals surface area contributed by atoms with Gasteiger partial charge in [0.05, 0.1) is 12.6 Å². The first-order valence-corrected chi connectivity index (χ1v) is 7.04. The number of fused-ring (bicyclic) bond motifs is 1. The summed E-state index contributed by atoms with van der Waals surface area (Å²) >= 11 is 0. The van der Waals surface area contributed by atoms with Gasteiger partial charge in [-0.1, -0.05) is 13.0 Å². The second kappa shape index (κ2) is 6.87. The molecule has 0 aliphatic carbocycles. The molecule has 1 fully saturated rings. The van der Waals surface area contributed by atoms with Gasteiger partial charge >= 0.3 is 0 Å². The van der Waals surface area contributed by atoms with Crippen LogP contribution in [0.1, 0.15) is 25.6 Å². The maximum atomic E-state index is 12.1. The smallest absolute Gasteiger partial charge is 0.237 e. The van der Waals surface area contributed by atoms with Crippen molar-refractivity contribution in [2.45, 2.75) is 32.4 Å². The van der Waals surface area contributed by atoms with E-state index in [1.165, 1.54) is 0 Å². The molecule has 0 spiro atoms. The summed E-state index contributed by atoms with van der Waals surface area (Å²) in [6.07, 6.45) is 3.93. The summed E-state index contributed by atoms with van der Waals surface area (Å²) in [5.41, 5.74) is 0.793. The number of nitrogens with zero attached hydrogens (tertiary/aromatic N) is 3. The van der Waals surface area contributed by atoms with E-state index in [0.717, 1.165) is 30.9 Å².